The van der Waals surface area contributed by atoms with Crippen LogP contribution in [0.25, 0.3) is 0 Å². The van der Waals surface area contributed by atoms with Gasteiger partial charge in [0.25, 0.3) is 10.0 Å². The molecular weight excluding hydrogens is 324 g/mol. The largest absolute Gasteiger partial charge is 0.506 e. The molecule has 0 bridgehead atoms. The molecule has 2 rings (SSSR count). The fourth-order valence-electron chi connectivity index (χ4n) is 1.36. The maximum atomic E-state index is 12.1. The Morgan fingerprint density at radius 3 is 2.61 bits per heavy atom. The quantitative estimate of drug-likeness (QED) is 0.820. The number of phenolic OH excluding ortho intramolecular Hbond substituents is 1. The maximum absolute atomic E-state index is 12.1. The van der Waals surface area contributed by atoms with E-state index >= 15 is 0 Å². The lowest BCUT2D eigenvalue weighted by atomic mass is 10.3. The Hall–Kier alpha value is -1.61. The van der Waals surface area contributed by atoms with Gasteiger partial charge in [0.2, 0.25) is 5.03 Å². The van der Waals surface area contributed by atoms with Crippen LogP contribution in [0, 0.1) is 0 Å². The number of benzene rings is 1. The molecule has 2 N–H and O–H groups in total. The van der Waals surface area contributed by atoms with Crippen molar-refractivity contribution < 1.29 is 13.5 Å². The van der Waals surface area contributed by atoms with Crippen LogP contribution in [0.1, 0.15) is 0 Å². The molecule has 0 atom stereocenters. The predicted octanol–water partition coefficient (Wildman–Crippen LogP) is 1.08. The van der Waals surface area contributed by atoms with Gasteiger partial charge in [0.05, 0.1) is 5.69 Å². The standard InChI is InChI=1S/C9H9BrN4O3S/c1-14-9(8(10)11-13-14)18(16,17)12-6-4-2-3-5-7(6)15/h2-5,12,15H,1H3. The highest BCUT2D eigenvalue weighted by atomic mass is 79.9. The van der Waals surface area contributed by atoms with Crippen LogP contribution in [0.5, 0.6) is 5.75 Å². The number of rotatable bonds is 3. The molecule has 1 aromatic heterocycles. The van der Waals surface area contributed by atoms with Crippen molar-refractivity contribution in [3.05, 3.63) is 28.9 Å². The highest BCUT2D eigenvalue weighted by Gasteiger charge is 2.24. The third-order valence-electron chi connectivity index (χ3n) is 2.14. The van der Waals surface area contributed by atoms with Gasteiger partial charge in [-0.15, -0.1) is 5.10 Å². The van der Waals surface area contributed by atoms with E-state index < -0.39 is 10.0 Å². The van der Waals surface area contributed by atoms with Gasteiger partial charge in [-0.3, -0.25) is 4.72 Å². The normalized spacial score (nSPS) is 11.4. The highest BCUT2D eigenvalue weighted by molar-refractivity contribution is 9.10. The maximum Gasteiger partial charge on any atom is 0.282 e. The lowest BCUT2D eigenvalue weighted by Crippen LogP contribution is -2.17. The van der Waals surface area contributed by atoms with Crippen LogP contribution < -0.4 is 4.72 Å². The number of halogens is 1. The lowest BCUT2D eigenvalue weighted by Gasteiger charge is -2.09. The van der Waals surface area contributed by atoms with Crippen molar-refractivity contribution in [2.45, 2.75) is 5.03 Å². The van der Waals surface area contributed by atoms with Crippen molar-refractivity contribution in [1.29, 1.82) is 0 Å². The number of anilines is 1. The van der Waals surface area contributed by atoms with E-state index in [4.69, 9.17) is 0 Å². The average molecular weight is 333 g/mol. The van der Waals surface area contributed by atoms with Gasteiger partial charge in [0.15, 0.2) is 4.60 Å². The van der Waals surface area contributed by atoms with Crippen molar-refractivity contribution in [2.75, 3.05) is 4.72 Å². The van der Waals surface area contributed by atoms with Gasteiger partial charge >= 0.3 is 0 Å². The topological polar surface area (TPSA) is 97.1 Å². The Morgan fingerprint density at radius 1 is 1.39 bits per heavy atom. The van der Waals surface area contributed by atoms with E-state index in [0.29, 0.717) is 0 Å². The average Bonchev–Trinajstić information content (AvgIpc) is 2.62. The van der Waals surface area contributed by atoms with Crippen LogP contribution in [0.4, 0.5) is 5.69 Å². The van der Waals surface area contributed by atoms with Crippen LogP contribution >= 0.6 is 15.9 Å². The molecule has 0 unspecified atom stereocenters. The van der Waals surface area contributed by atoms with Gasteiger partial charge in [-0.1, -0.05) is 17.3 Å². The molecule has 0 amide bonds. The van der Waals surface area contributed by atoms with E-state index in [1.165, 1.54) is 19.2 Å². The first-order chi connectivity index (χ1) is 8.42. The molecule has 0 aliphatic rings. The zero-order chi connectivity index (χ0) is 13.3. The lowest BCUT2D eigenvalue weighted by molar-refractivity contribution is 0.477. The zero-order valence-corrected chi connectivity index (χ0v) is 11.6. The summed E-state index contributed by atoms with van der Waals surface area (Å²) in [5.41, 5.74) is 0.0885. The number of phenols is 1. The second kappa shape index (κ2) is 4.58. The predicted molar refractivity (Wildman–Crippen MR) is 67.6 cm³/mol. The summed E-state index contributed by atoms with van der Waals surface area (Å²) in [4.78, 5) is 0. The molecule has 9 heteroatoms. The van der Waals surface area contributed by atoms with Crippen LogP contribution in [-0.4, -0.2) is 28.5 Å². The van der Waals surface area contributed by atoms with Gasteiger partial charge in [-0.2, -0.15) is 8.42 Å². The highest BCUT2D eigenvalue weighted by Crippen LogP contribution is 2.26. The Bertz CT molecular complexity index is 663. The minimum Gasteiger partial charge on any atom is -0.506 e. The van der Waals surface area contributed by atoms with E-state index in [1.807, 2.05) is 0 Å². The fourth-order valence-corrected chi connectivity index (χ4v) is 3.53. The number of hydrogen-bond donors (Lipinski definition) is 2. The van der Waals surface area contributed by atoms with Gasteiger partial charge in [0, 0.05) is 7.05 Å². The smallest absolute Gasteiger partial charge is 0.282 e. The molecule has 0 aliphatic heterocycles. The Kier molecular flexibility index (Phi) is 3.26. The zero-order valence-electron chi connectivity index (χ0n) is 9.20. The van der Waals surface area contributed by atoms with E-state index in [2.05, 4.69) is 31.0 Å². The molecule has 0 fully saturated rings. The number of para-hydroxylation sites is 2. The molecule has 1 heterocycles. The van der Waals surface area contributed by atoms with E-state index in [0.717, 1.165) is 4.68 Å². The summed E-state index contributed by atoms with van der Waals surface area (Å²) in [6.45, 7) is 0. The SMILES string of the molecule is Cn1nnc(Br)c1S(=O)(=O)Nc1ccccc1O. The molecule has 7 nitrogen and oxygen atoms in total. The van der Waals surface area contributed by atoms with E-state index in [1.54, 1.807) is 12.1 Å². The van der Waals surface area contributed by atoms with Crippen LogP contribution in [-0.2, 0) is 17.1 Å². The minimum atomic E-state index is -3.87. The summed E-state index contributed by atoms with van der Waals surface area (Å²) < 4.78 is 27.7. The van der Waals surface area contributed by atoms with Crippen molar-refractivity contribution in [2.24, 2.45) is 7.05 Å². The first kappa shape index (κ1) is 12.8. The molecule has 1 aromatic carbocycles. The number of hydrogen-bond acceptors (Lipinski definition) is 5. The third-order valence-corrected chi connectivity index (χ3v) is 4.39. The molecule has 0 spiro atoms. The van der Waals surface area contributed by atoms with Gasteiger partial charge in [0.1, 0.15) is 5.75 Å². The first-order valence-corrected chi connectivity index (χ1v) is 7.05. The van der Waals surface area contributed by atoms with Crippen molar-refractivity contribution in [3.63, 3.8) is 0 Å². The molecule has 18 heavy (non-hydrogen) atoms. The summed E-state index contributed by atoms with van der Waals surface area (Å²) in [7, 11) is -2.42. The molecule has 0 saturated heterocycles. The number of nitrogens with zero attached hydrogens (tertiary/aromatic N) is 3. The molecule has 2 aromatic rings. The van der Waals surface area contributed by atoms with Crippen LogP contribution in [0.3, 0.4) is 0 Å². The molecular formula is C9H9BrN4O3S. The Morgan fingerprint density at radius 2 is 2.06 bits per heavy atom. The summed E-state index contributed by atoms with van der Waals surface area (Å²) in [6, 6.07) is 6.03. The second-order valence-electron chi connectivity index (χ2n) is 3.43. The van der Waals surface area contributed by atoms with Crippen LogP contribution in [0.15, 0.2) is 33.9 Å². The summed E-state index contributed by atoms with van der Waals surface area (Å²) >= 11 is 3.01. The van der Waals surface area contributed by atoms with Gasteiger partial charge in [-0.25, -0.2) is 4.68 Å². The summed E-state index contributed by atoms with van der Waals surface area (Å²) in [5.74, 6) is -0.160. The number of aryl methyl sites for hydroxylation is 1. The third kappa shape index (κ3) is 2.31. The van der Waals surface area contributed by atoms with Crippen molar-refractivity contribution in [3.8, 4) is 5.75 Å². The molecule has 96 valence electrons. The Labute approximate surface area is 112 Å². The van der Waals surface area contributed by atoms with Crippen molar-refractivity contribution >= 4 is 31.6 Å². The van der Waals surface area contributed by atoms with Crippen LogP contribution in [0.2, 0.25) is 0 Å². The molecule has 0 saturated carbocycles. The molecule has 0 aliphatic carbocycles. The fraction of sp³-hybridized carbons (Fsp3) is 0.111. The monoisotopic (exact) mass is 332 g/mol. The summed E-state index contributed by atoms with van der Waals surface area (Å²) in [6.07, 6.45) is 0. The minimum absolute atomic E-state index is 0.0885. The summed E-state index contributed by atoms with van der Waals surface area (Å²) in [5, 5.41) is 16.6. The number of nitrogens with one attached hydrogen (secondary N) is 1. The number of aromatic hydroxyl groups is 1. The van der Waals surface area contributed by atoms with E-state index in [-0.39, 0.29) is 21.1 Å². The second-order valence-corrected chi connectivity index (χ2v) is 5.78. The number of sulfonamides is 1. The van der Waals surface area contributed by atoms with Gasteiger partial charge in [-0.05, 0) is 28.1 Å². The first-order valence-electron chi connectivity index (χ1n) is 4.78. The number of aromatic nitrogens is 3. The van der Waals surface area contributed by atoms with Crippen molar-refractivity contribution in [1.82, 2.24) is 15.0 Å². The Balaban J connectivity index is 2.43. The van der Waals surface area contributed by atoms with Gasteiger partial charge < -0.3 is 5.11 Å². The van der Waals surface area contributed by atoms with E-state index in [9.17, 15) is 13.5 Å². The molecule has 0 radical (unpaired) electrons.